The van der Waals surface area contributed by atoms with Crippen LogP contribution in [-0.2, 0) is 0 Å². The van der Waals surface area contributed by atoms with Gasteiger partial charge in [0.25, 0.3) is 0 Å². The molecule has 0 fully saturated rings. The standard InChI is InChI=1S/C6H5NS/c1-2-3-6-4-7-5-8-6/h3-5H,1H2. The van der Waals surface area contributed by atoms with Crippen LogP contribution in [0, 0.1) is 0 Å². The van der Waals surface area contributed by atoms with Crippen molar-refractivity contribution in [1.29, 1.82) is 0 Å². The number of nitrogens with zero attached hydrogens (tertiary/aromatic N) is 1. The van der Waals surface area contributed by atoms with Crippen molar-refractivity contribution in [3.05, 3.63) is 28.9 Å². The summed E-state index contributed by atoms with van der Waals surface area (Å²) in [7, 11) is 0. The molecule has 1 aromatic heterocycles. The minimum absolute atomic E-state index is 1.10. The lowest BCUT2D eigenvalue weighted by Crippen LogP contribution is -1.51. The second-order valence-electron chi connectivity index (χ2n) is 1.25. The summed E-state index contributed by atoms with van der Waals surface area (Å²) in [4.78, 5) is 4.96. The Morgan fingerprint density at radius 2 is 2.75 bits per heavy atom. The van der Waals surface area contributed by atoms with Gasteiger partial charge in [0.15, 0.2) is 0 Å². The van der Waals surface area contributed by atoms with Gasteiger partial charge >= 0.3 is 0 Å². The first-order chi connectivity index (χ1) is 3.93. The van der Waals surface area contributed by atoms with Crippen LogP contribution in [0.5, 0.6) is 0 Å². The Labute approximate surface area is 52.0 Å². The van der Waals surface area contributed by atoms with E-state index in [1.54, 1.807) is 29.1 Å². The Bertz CT molecular complexity index is 194. The van der Waals surface area contributed by atoms with Crippen molar-refractivity contribution in [2.75, 3.05) is 0 Å². The molecule has 0 aliphatic rings. The zero-order valence-corrected chi connectivity index (χ0v) is 5.11. The third kappa shape index (κ3) is 1.06. The summed E-state index contributed by atoms with van der Waals surface area (Å²) in [6, 6.07) is 0. The molecule has 0 saturated heterocycles. The fraction of sp³-hybridized carbons (Fsp3) is 0. The van der Waals surface area contributed by atoms with Gasteiger partial charge in [-0.2, -0.15) is 0 Å². The zero-order valence-electron chi connectivity index (χ0n) is 4.29. The summed E-state index contributed by atoms with van der Waals surface area (Å²) in [6.07, 6.45) is 3.58. The van der Waals surface area contributed by atoms with Gasteiger partial charge in [-0.25, -0.2) is 0 Å². The second kappa shape index (κ2) is 2.46. The van der Waals surface area contributed by atoms with Crippen molar-refractivity contribution in [3.8, 4) is 0 Å². The lowest BCUT2D eigenvalue weighted by molar-refractivity contribution is 1.42. The molecule has 1 rings (SSSR count). The van der Waals surface area contributed by atoms with Crippen LogP contribution in [0.25, 0.3) is 6.08 Å². The number of aromatic nitrogens is 1. The molecule has 0 N–H and O–H groups in total. The van der Waals surface area contributed by atoms with Crippen LogP contribution >= 0.6 is 11.3 Å². The van der Waals surface area contributed by atoms with E-state index in [0.717, 1.165) is 4.88 Å². The summed E-state index contributed by atoms with van der Waals surface area (Å²) >= 11 is 1.58. The minimum atomic E-state index is 1.10. The highest BCUT2D eigenvalue weighted by Crippen LogP contribution is 2.05. The molecule has 0 aliphatic heterocycles. The Morgan fingerprint density at radius 1 is 1.88 bits per heavy atom. The first-order valence-corrected chi connectivity index (χ1v) is 3.06. The summed E-state index contributed by atoms with van der Waals surface area (Å²) in [5.74, 6) is 0. The highest BCUT2D eigenvalue weighted by atomic mass is 32.1. The molecule has 40 valence electrons. The molecule has 0 bridgehead atoms. The van der Waals surface area contributed by atoms with Gasteiger partial charge < -0.3 is 0 Å². The first-order valence-electron chi connectivity index (χ1n) is 2.18. The summed E-state index contributed by atoms with van der Waals surface area (Å²) < 4.78 is 0. The quantitative estimate of drug-likeness (QED) is 0.520. The van der Waals surface area contributed by atoms with Crippen LogP contribution in [0.15, 0.2) is 24.0 Å². The molecule has 0 spiro atoms. The SMILES string of the molecule is C=C=Cc1cncs1. The van der Waals surface area contributed by atoms with Gasteiger partial charge in [-0.05, 0) is 6.08 Å². The van der Waals surface area contributed by atoms with E-state index in [-0.39, 0.29) is 0 Å². The van der Waals surface area contributed by atoms with E-state index in [1.165, 1.54) is 0 Å². The van der Waals surface area contributed by atoms with Crippen LogP contribution in [0.2, 0.25) is 0 Å². The van der Waals surface area contributed by atoms with Crippen LogP contribution in [-0.4, -0.2) is 4.98 Å². The summed E-state index contributed by atoms with van der Waals surface area (Å²) in [5.41, 5.74) is 4.45. The van der Waals surface area contributed by atoms with Gasteiger partial charge in [-0.3, -0.25) is 4.98 Å². The molecule has 0 aromatic carbocycles. The third-order valence-corrected chi connectivity index (χ3v) is 1.42. The molecular weight excluding hydrogens is 118 g/mol. The predicted molar refractivity (Wildman–Crippen MR) is 35.7 cm³/mol. The fourth-order valence-electron chi connectivity index (χ4n) is 0.397. The van der Waals surface area contributed by atoms with E-state index < -0.39 is 0 Å². The first kappa shape index (κ1) is 5.29. The van der Waals surface area contributed by atoms with E-state index in [9.17, 15) is 0 Å². The number of rotatable bonds is 1. The van der Waals surface area contributed by atoms with Crippen molar-refractivity contribution in [2.24, 2.45) is 0 Å². The maximum absolute atomic E-state index is 3.86. The number of hydrogen-bond donors (Lipinski definition) is 0. The molecule has 0 atom stereocenters. The molecule has 0 amide bonds. The molecule has 2 heteroatoms. The number of hydrogen-bond acceptors (Lipinski definition) is 2. The zero-order chi connectivity index (χ0) is 5.82. The topological polar surface area (TPSA) is 12.9 Å². The van der Waals surface area contributed by atoms with Crippen LogP contribution in [0.4, 0.5) is 0 Å². The Kier molecular flexibility index (Phi) is 1.62. The molecule has 0 saturated carbocycles. The van der Waals surface area contributed by atoms with Gasteiger partial charge in [0, 0.05) is 6.20 Å². The van der Waals surface area contributed by atoms with Crippen LogP contribution in [0.1, 0.15) is 4.88 Å². The summed E-state index contributed by atoms with van der Waals surface area (Å²) in [6.45, 7) is 3.43. The highest BCUT2D eigenvalue weighted by molar-refractivity contribution is 7.10. The van der Waals surface area contributed by atoms with Crippen molar-refractivity contribution in [1.82, 2.24) is 4.98 Å². The van der Waals surface area contributed by atoms with Crippen molar-refractivity contribution < 1.29 is 0 Å². The number of thiazole rings is 1. The average Bonchev–Trinajstić information content (AvgIpc) is 2.19. The Hall–Kier alpha value is -0.850. The normalized spacial score (nSPS) is 8.00. The van der Waals surface area contributed by atoms with Crippen molar-refractivity contribution in [2.45, 2.75) is 0 Å². The molecule has 0 aliphatic carbocycles. The minimum Gasteiger partial charge on any atom is -0.252 e. The van der Waals surface area contributed by atoms with Crippen LogP contribution in [0.3, 0.4) is 0 Å². The third-order valence-electron chi connectivity index (χ3n) is 0.696. The average molecular weight is 123 g/mol. The lowest BCUT2D eigenvalue weighted by Gasteiger charge is -1.69. The van der Waals surface area contributed by atoms with Gasteiger partial charge in [-0.1, -0.05) is 6.58 Å². The van der Waals surface area contributed by atoms with Gasteiger partial charge in [-0.15, -0.1) is 17.1 Å². The maximum atomic E-state index is 3.86. The van der Waals surface area contributed by atoms with Crippen LogP contribution < -0.4 is 0 Å². The smallest absolute Gasteiger partial charge is 0.0797 e. The van der Waals surface area contributed by atoms with E-state index in [2.05, 4.69) is 17.3 Å². The predicted octanol–water partition coefficient (Wildman–Crippen LogP) is 1.94. The molecule has 1 heterocycles. The van der Waals surface area contributed by atoms with E-state index >= 15 is 0 Å². The highest BCUT2D eigenvalue weighted by Gasteiger charge is 1.81. The Morgan fingerprint density at radius 3 is 3.25 bits per heavy atom. The van der Waals surface area contributed by atoms with Crippen molar-refractivity contribution >= 4 is 17.4 Å². The van der Waals surface area contributed by atoms with E-state index in [0.29, 0.717) is 0 Å². The molecule has 0 unspecified atom stereocenters. The second-order valence-corrected chi connectivity index (χ2v) is 2.17. The van der Waals surface area contributed by atoms with E-state index in [4.69, 9.17) is 0 Å². The largest absolute Gasteiger partial charge is 0.252 e. The monoisotopic (exact) mass is 123 g/mol. The Balaban J connectivity index is 2.93. The molecule has 1 aromatic rings. The van der Waals surface area contributed by atoms with Gasteiger partial charge in [0.1, 0.15) is 0 Å². The van der Waals surface area contributed by atoms with Crippen molar-refractivity contribution in [3.63, 3.8) is 0 Å². The lowest BCUT2D eigenvalue weighted by atomic mass is 10.5. The maximum Gasteiger partial charge on any atom is 0.0797 e. The summed E-state index contributed by atoms with van der Waals surface area (Å²) in [5, 5.41) is 0. The fourth-order valence-corrected chi connectivity index (χ4v) is 0.914. The molecule has 0 radical (unpaired) electrons. The van der Waals surface area contributed by atoms with E-state index in [1.807, 2.05) is 0 Å². The molecular formula is C6H5NS. The van der Waals surface area contributed by atoms with Gasteiger partial charge in [0.2, 0.25) is 0 Å². The molecule has 8 heavy (non-hydrogen) atoms. The van der Waals surface area contributed by atoms with Gasteiger partial charge in [0.05, 0.1) is 10.4 Å². The molecule has 1 nitrogen and oxygen atoms in total.